The van der Waals surface area contributed by atoms with Crippen molar-refractivity contribution in [1.82, 2.24) is 0 Å². The third kappa shape index (κ3) is 4.05. The number of para-hydroxylation sites is 1. The summed E-state index contributed by atoms with van der Waals surface area (Å²) < 4.78 is 0. The minimum Gasteiger partial charge on any atom is -0.280 e. The number of hydrogen-bond donors (Lipinski definition) is 0. The summed E-state index contributed by atoms with van der Waals surface area (Å²) in [6.45, 7) is 8.57. The van der Waals surface area contributed by atoms with Crippen LogP contribution in [0.5, 0.6) is 0 Å². The number of carbonyl (C=O) groups is 1. The van der Waals surface area contributed by atoms with E-state index in [0.29, 0.717) is 5.02 Å². The van der Waals surface area contributed by atoms with Crippen molar-refractivity contribution in [2.75, 3.05) is 4.90 Å². The van der Waals surface area contributed by atoms with Crippen LogP contribution >= 0.6 is 11.6 Å². The maximum Gasteiger partial charge on any atom is 0.373 e. The van der Waals surface area contributed by atoms with Crippen LogP contribution in [0.4, 0.5) is 11.4 Å². The molecule has 4 nitrogen and oxygen atoms in total. The lowest BCUT2D eigenvalue weighted by atomic mass is 9.76. The first-order chi connectivity index (χ1) is 14.6. The van der Waals surface area contributed by atoms with Gasteiger partial charge in [-0.1, -0.05) is 74.8 Å². The summed E-state index contributed by atoms with van der Waals surface area (Å²) in [6.07, 6.45) is 0.250. The molecule has 158 valence electrons. The second kappa shape index (κ2) is 8.50. The Morgan fingerprint density at radius 1 is 0.903 bits per heavy atom. The lowest BCUT2D eigenvalue weighted by Gasteiger charge is -2.26. The molecule has 1 atom stereocenters. The Morgan fingerprint density at radius 3 is 2.03 bits per heavy atom. The van der Waals surface area contributed by atoms with Gasteiger partial charge in [0.2, 0.25) is 5.91 Å². The second-order valence-electron chi connectivity index (χ2n) is 8.67. The van der Waals surface area contributed by atoms with Crippen LogP contribution in [0.25, 0.3) is 0 Å². The molecule has 0 bridgehead atoms. The molecule has 0 spiro atoms. The number of rotatable bonds is 2. The van der Waals surface area contributed by atoms with Gasteiger partial charge in [0, 0.05) is 10.7 Å². The first kappa shape index (κ1) is 22.5. The van der Waals surface area contributed by atoms with Crippen molar-refractivity contribution in [3.05, 3.63) is 94.5 Å². The summed E-state index contributed by atoms with van der Waals surface area (Å²) in [5.41, 5.74) is 4.21. The molecule has 3 aromatic rings. The topological polar surface area (TPSA) is 54.5 Å². The van der Waals surface area contributed by atoms with E-state index in [0.717, 1.165) is 22.5 Å². The Kier molecular flexibility index (Phi) is 6.17. The molecule has 1 aliphatic rings. The van der Waals surface area contributed by atoms with E-state index in [1.54, 1.807) is 0 Å². The van der Waals surface area contributed by atoms with Crippen molar-refractivity contribution in [2.24, 2.45) is 0 Å². The maximum absolute atomic E-state index is 13.8. The zero-order chi connectivity index (χ0) is 22.8. The summed E-state index contributed by atoms with van der Waals surface area (Å²) in [7, 11) is 0. The van der Waals surface area contributed by atoms with E-state index in [9.17, 15) is 4.79 Å². The third-order valence-corrected chi connectivity index (χ3v) is 5.95. The fourth-order valence-corrected chi connectivity index (χ4v) is 4.14. The molecule has 5 heteroatoms. The van der Waals surface area contributed by atoms with Crippen LogP contribution in [0.2, 0.25) is 5.02 Å². The maximum atomic E-state index is 13.8. The Labute approximate surface area is 187 Å². The van der Waals surface area contributed by atoms with E-state index < -0.39 is 5.41 Å². The van der Waals surface area contributed by atoms with Crippen LogP contribution in [0, 0.1) is 0 Å². The lowest BCUT2D eigenvalue weighted by Crippen LogP contribution is -2.36. The number of amides is 1. The van der Waals surface area contributed by atoms with Crippen LogP contribution in [-0.2, 0) is 25.2 Å². The van der Waals surface area contributed by atoms with Crippen LogP contribution < -0.4 is 4.90 Å². The van der Waals surface area contributed by atoms with Gasteiger partial charge in [0.25, 0.3) is 0 Å². The van der Waals surface area contributed by atoms with Crippen LogP contribution in [0.1, 0.15) is 44.4 Å². The average molecular weight is 434 g/mol. The molecule has 3 aromatic carbocycles. The van der Waals surface area contributed by atoms with Crippen molar-refractivity contribution in [1.29, 1.82) is 0 Å². The highest BCUT2D eigenvalue weighted by Gasteiger charge is 2.49. The molecular weight excluding hydrogens is 410 g/mol. The molecule has 31 heavy (non-hydrogen) atoms. The van der Waals surface area contributed by atoms with Crippen molar-refractivity contribution in [3.63, 3.8) is 0 Å². The minimum atomic E-state index is -0.785. The van der Waals surface area contributed by atoms with Gasteiger partial charge in [-0.05, 0) is 59.4 Å². The van der Waals surface area contributed by atoms with Gasteiger partial charge in [-0.25, -0.2) is 0 Å². The highest BCUT2D eigenvalue weighted by molar-refractivity contribution is 6.31. The molecule has 0 saturated carbocycles. The number of benzene rings is 3. The zero-order valence-electron chi connectivity index (χ0n) is 18.0. The van der Waals surface area contributed by atoms with Gasteiger partial charge in [0.05, 0.1) is 11.1 Å². The number of halogens is 1. The van der Waals surface area contributed by atoms with Crippen molar-refractivity contribution < 1.29 is 14.4 Å². The Hall–Kier alpha value is -3.20. The summed E-state index contributed by atoms with van der Waals surface area (Å²) in [4.78, 5) is 31.8. The zero-order valence-corrected chi connectivity index (χ0v) is 18.7. The van der Waals surface area contributed by atoms with E-state index in [1.165, 1.54) is 5.56 Å². The van der Waals surface area contributed by atoms with Gasteiger partial charge in [-0.3, -0.25) is 9.69 Å². The number of carbonyl (C=O) groups excluding carboxylic acids is 3. The molecule has 0 aliphatic carbocycles. The van der Waals surface area contributed by atoms with Gasteiger partial charge >= 0.3 is 6.15 Å². The molecule has 1 heterocycles. The SMILES string of the molecule is CC(C)(C)c1ccc(C2(C)C(=O)N(c3ccccc3)c3ccc(Cl)cc32)cc1.O=C=O. The van der Waals surface area contributed by atoms with Crippen LogP contribution in [0.15, 0.2) is 72.8 Å². The molecule has 1 unspecified atom stereocenters. The minimum absolute atomic E-state index is 0.0412. The normalized spacial score (nSPS) is 17.5. The van der Waals surface area contributed by atoms with Crippen LogP contribution in [-0.4, -0.2) is 12.1 Å². The van der Waals surface area contributed by atoms with E-state index >= 15 is 0 Å². The summed E-state index contributed by atoms with van der Waals surface area (Å²) in [5, 5.41) is 0.638. The fraction of sp³-hybridized carbons (Fsp3) is 0.231. The summed E-state index contributed by atoms with van der Waals surface area (Å²) in [5.74, 6) is 0.0412. The molecular formula is C26H24ClNO3. The van der Waals surface area contributed by atoms with Gasteiger partial charge in [-0.2, -0.15) is 9.59 Å². The highest BCUT2D eigenvalue weighted by Crippen LogP contribution is 2.49. The summed E-state index contributed by atoms with van der Waals surface area (Å²) in [6, 6.07) is 23.9. The molecule has 0 radical (unpaired) electrons. The molecule has 0 saturated heterocycles. The largest absolute Gasteiger partial charge is 0.373 e. The first-order valence-corrected chi connectivity index (χ1v) is 10.3. The van der Waals surface area contributed by atoms with Gasteiger partial charge in [0.15, 0.2) is 0 Å². The van der Waals surface area contributed by atoms with E-state index in [4.69, 9.17) is 21.2 Å². The van der Waals surface area contributed by atoms with E-state index in [1.807, 2.05) is 60.4 Å². The molecule has 4 rings (SSSR count). The quantitative estimate of drug-likeness (QED) is 0.495. The van der Waals surface area contributed by atoms with E-state index in [2.05, 4.69) is 45.0 Å². The predicted molar refractivity (Wildman–Crippen MR) is 122 cm³/mol. The molecule has 0 fully saturated rings. The van der Waals surface area contributed by atoms with Crippen molar-refractivity contribution in [2.45, 2.75) is 38.5 Å². The number of fused-ring (bicyclic) bond motifs is 1. The van der Waals surface area contributed by atoms with Gasteiger partial charge in [0.1, 0.15) is 0 Å². The lowest BCUT2D eigenvalue weighted by molar-refractivity contribution is -0.191. The Balaban J connectivity index is 0.000000858. The Morgan fingerprint density at radius 2 is 1.48 bits per heavy atom. The Bertz CT molecular complexity index is 1130. The highest BCUT2D eigenvalue weighted by atomic mass is 35.5. The number of anilines is 2. The molecule has 1 amide bonds. The van der Waals surface area contributed by atoms with Crippen LogP contribution in [0.3, 0.4) is 0 Å². The van der Waals surface area contributed by atoms with E-state index in [-0.39, 0.29) is 17.5 Å². The van der Waals surface area contributed by atoms with Gasteiger partial charge in [-0.15, -0.1) is 0 Å². The fourth-order valence-electron chi connectivity index (χ4n) is 3.97. The number of nitrogens with zero attached hydrogens (tertiary/aromatic N) is 1. The smallest absolute Gasteiger partial charge is 0.280 e. The summed E-state index contributed by atoms with van der Waals surface area (Å²) >= 11 is 6.33. The number of hydrogen-bond acceptors (Lipinski definition) is 3. The second-order valence-corrected chi connectivity index (χ2v) is 9.11. The third-order valence-electron chi connectivity index (χ3n) is 5.71. The monoisotopic (exact) mass is 433 g/mol. The average Bonchev–Trinajstić information content (AvgIpc) is 2.96. The van der Waals surface area contributed by atoms with Gasteiger partial charge < -0.3 is 0 Å². The van der Waals surface area contributed by atoms with Crippen molar-refractivity contribution in [3.8, 4) is 0 Å². The molecule has 0 N–H and O–H groups in total. The molecule has 0 aromatic heterocycles. The molecule has 1 aliphatic heterocycles. The standard InChI is InChI=1S/C25H24ClNO.CO2/c1-24(2,3)17-10-12-18(13-11-17)25(4)21-16-19(26)14-15-22(21)27(23(25)28)20-8-6-5-7-9-20;2-1-3/h5-16H,1-4H3;. The van der Waals surface area contributed by atoms with Crippen molar-refractivity contribution >= 4 is 35.0 Å². The first-order valence-electron chi connectivity index (χ1n) is 9.94. The predicted octanol–water partition coefficient (Wildman–Crippen LogP) is 6.04.